The fraction of sp³-hybridized carbons (Fsp3) is 0.111. The van der Waals surface area contributed by atoms with E-state index in [9.17, 15) is 4.79 Å². The lowest BCUT2D eigenvalue weighted by Gasteiger charge is -2.03. The molecule has 3 rings (SSSR count). The van der Waals surface area contributed by atoms with Crippen molar-refractivity contribution in [2.45, 2.75) is 6.61 Å². The maximum Gasteiger partial charge on any atom is 0.338 e. The van der Waals surface area contributed by atoms with Gasteiger partial charge in [-0.05, 0) is 30.3 Å². The van der Waals surface area contributed by atoms with Gasteiger partial charge >= 0.3 is 5.97 Å². The third-order valence-electron chi connectivity index (χ3n) is 3.37. The van der Waals surface area contributed by atoms with Crippen molar-refractivity contribution in [2.24, 2.45) is 0 Å². The monoisotopic (exact) mass is 335 g/mol. The summed E-state index contributed by atoms with van der Waals surface area (Å²) < 4.78 is 15.5. The summed E-state index contributed by atoms with van der Waals surface area (Å²) in [5.74, 6) is 0.537. The highest BCUT2D eigenvalue weighted by atomic mass is 16.6. The smallest absolute Gasteiger partial charge is 0.338 e. The Labute approximate surface area is 143 Å². The average Bonchev–Trinajstić information content (AvgIpc) is 3.15. The maximum absolute atomic E-state index is 12.0. The van der Waals surface area contributed by atoms with E-state index >= 15 is 0 Å². The van der Waals surface area contributed by atoms with Gasteiger partial charge in [0.1, 0.15) is 5.75 Å². The molecule has 0 unspecified atom stereocenters. The first-order valence-corrected chi connectivity index (χ1v) is 7.34. The lowest BCUT2D eigenvalue weighted by atomic mass is 10.1. The Morgan fingerprint density at radius 3 is 2.88 bits per heavy atom. The van der Waals surface area contributed by atoms with Gasteiger partial charge in [-0.3, -0.25) is 0 Å². The molecule has 0 aliphatic rings. The van der Waals surface area contributed by atoms with Gasteiger partial charge in [0.15, 0.2) is 6.61 Å². The summed E-state index contributed by atoms with van der Waals surface area (Å²) in [6.45, 7) is -0.169. The van der Waals surface area contributed by atoms with Crippen LogP contribution in [0, 0.1) is 11.3 Å². The van der Waals surface area contributed by atoms with Gasteiger partial charge in [-0.15, -0.1) is 0 Å². The van der Waals surface area contributed by atoms with Gasteiger partial charge in [-0.2, -0.15) is 10.2 Å². The lowest BCUT2D eigenvalue weighted by molar-refractivity contribution is 0.0430. The number of ether oxygens (including phenoxy) is 2. The molecule has 25 heavy (non-hydrogen) atoms. The Balaban J connectivity index is 1.69. The molecule has 0 saturated heterocycles. The third-order valence-corrected chi connectivity index (χ3v) is 3.37. The van der Waals surface area contributed by atoms with Crippen LogP contribution in [-0.2, 0) is 11.3 Å². The van der Waals surface area contributed by atoms with Crippen molar-refractivity contribution in [3.63, 3.8) is 0 Å². The number of carbonyl (C=O) groups is 1. The van der Waals surface area contributed by atoms with Crippen LogP contribution >= 0.6 is 0 Å². The van der Waals surface area contributed by atoms with Crippen molar-refractivity contribution in [3.8, 4) is 23.2 Å². The van der Waals surface area contributed by atoms with Gasteiger partial charge in [0.05, 0.1) is 29.9 Å². The highest BCUT2D eigenvalue weighted by Crippen LogP contribution is 2.27. The van der Waals surface area contributed by atoms with Crippen molar-refractivity contribution >= 4 is 5.97 Å². The maximum atomic E-state index is 12.0. The van der Waals surface area contributed by atoms with Crippen LogP contribution in [0.3, 0.4) is 0 Å². The van der Waals surface area contributed by atoms with Crippen molar-refractivity contribution in [3.05, 3.63) is 65.5 Å². The normalized spacial score (nSPS) is 10.1. The first-order chi connectivity index (χ1) is 12.2. The zero-order valence-electron chi connectivity index (χ0n) is 13.3. The van der Waals surface area contributed by atoms with Crippen LogP contribution in [0.4, 0.5) is 0 Å². The minimum absolute atomic E-state index is 0.158. The SMILES string of the molecule is COc1ccccc1-c1noc(COC(=O)c2cccc(C#N)c2)n1. The first kappa shape index (κ1) is 16.2. The van der Waals surface area contributed by atoms with Crippen molar-refractivity contribution in [2.75, 3.05) is 7.11 Å². The molecule has 3 aromatic rings. The van der Waals surface area contributed by atoms with E-state index in [2.05, 4.69) is 10.1 Å². The number of methoxy groups -OCH3 is 1. The molecular weight excluding hydrogens is 322 g/mol. The second-order valence-electron chi connectivity index (χ2n) is 4.98. The average molecular weight is 335 g/mol. The Morgan fingerprint density at radius 1 is 1.24 bits per heavy atom. The second kappa shape index (κ2) is 7.27. The fourth-order valence-corrected chi connectivity index (χ4v) is 2.18. The summed E-state index contributed by atoms with van der Waals surface area (Å²) in [4.78, 5) is 16.2. The van der Waals surface area contributed by atoms with E-state index in [1.807, 2.05) is 18.2 Å². The van der Waals surface area contributed by atoms with Gasteiger partial charge in [0.2, 0.25) is 5.82 Å². The minimum Gasteiger partial charge on any atom is -0.496 e. The molecule has 0 atom stereocenters. The summed E-state index contributed by atoms with van der Waals surface area (Å²) in [7, 11) is 1.55. The number of hydrogen-bond acceptors (Lipinski definition) is 7. The molecule has 1 heterocycles. The predicted molar refractivity (Wildman–Crippen MR) is 86.6 cm³/mol. The van der Waals surface area contributed by atoms with E-state index in [1.54, 1.807) is 37.4 Å². The molecule has 2 aromatic carbocycles. The number of nitrogens with zero attached hydrogens (tertiary/aromatic N) is 3. The number of esters is 1. The second-order valence-corrected chi connectivity index (χ2v) is 4.98. The van der Waals surface area contributed by atoms with Crippen LogP contribution in [0.25, 0.3) is 11.4 Å². The van der Waals surface area contributed by atoms with Gasteiger partial charge in [-0.1, -0.05) is 23.4 Å². The molecule has 124 valence electrons. The molecule has 0 aliphatic carbocycles. The van der Waals surface area contributed by atoms with E-state index in [-0.39, 0.29) is 18.1 Å². The zero-order valence-corrected chi connectivity index (χ0v) is 13.3. The van der Waals surface area contributed by atoms with Crippen molar-refractivity contribution < 1.29 is 18.8 Å². The molecule has 7 heteroatoms. The number of carbonyl (C=O) groups excluding carboxylic acids is 1. The molecule has 0 bridgehead atoms. The summed E-state index contributed by atoms with van der Waals surface area (Å²) in [6.07, 6.45) is 0. The van der Waals surface area contributed by atoms with Crippen LogP contribution < -0.4 is 4.74 Å². The molecule has 7 nitrogen and oxygen atoms in total. The zero-order chi connectivity index (χ0) is 17.6. The van der Waals surface area contributed by atoms with Crippen LogP contribution in [-0.4, -0.2) is 23.2 Å². The summed E-state index contributed by atoms with van der Waals surface area (Å²) in [5, 5.41) is 12.7. The van der Waals surface area contributed by atoms with Crippen LogP contribution in [0.5, 0.6) is 5.75 Å². The Bertz CT molecular complexity index is 943. The van der Waals surface area contributed by atoms with Gasteiger partial charge in [0, 0.05) is 0 Å². The summed E-state index contributed by atoms with van der Waals surface area (Å²) in [6, 6.07) is 15.5. The fourth-order valence-electron chi connectivity index (χ4n) is 2.18. The van der Waals surface area contributed by atoms with Gasteiger partial charge in [-0.25, -0.2) is 4.79 Å². The van der Waals surface area contributed by atoms with E-state index in [0.717, 1.165) is 0 Å². The number of benzene rings is 2. The quantitative estimate of drug-likeness (QED) is 0.661. The predicted octanol–water partition coefficient (Wildman–Crippen LogP) is 2.97. The third kappa shape index (κ3) is 3.64. The molecule has 0 radical (unpaired) electrons. The molecule has 0 aliphatic heterocycles. The number of hydrogen-bond donors (Lipinski definition) is 0. The Kier molecular flexibility index (Phi) is 4.72. The molecule has 0 N–H and O–H groups in total. The molecule has 0 amide bonds. The number of rotatable bonds is 5. The standard InChI is InChI=1S/C18H13N3O4/c1-23-15-8-3-2-7-14(15)17-20-16(25-21-17)11-24-18(22)13-6-4-5-12(9-13)10-19/h2-9H,11H2,1H3. The molecule has 0 spiro atoms. The number of para-hydroxylation sites is 1. The van der Waals surface area contributed by atoms with E-state index < -0.39 is 5.97 Å². The molecule has 1 aromatic heterocycles. The minimum atomic E-state index is -0.575. The van der Waals surface area contributed by atoms with E-state index in [0.29, 0.717) is 22.7 Å². The van der Waals surface area contributed by atoms with Crippen molar-refractivity contribution in [1.29, 1.82) is 5.26 Å². The van der Waals surface area contributed by atoms with Gasteiger partial charge in [0.25, 0.3) is 5.89 Å². The largest absolute Gasteiger partial charge is 0.496 e. The van der Waals surface area contributed by atoms with E-state index in [1.165, 1.54) is 6.07 Å². The lowest BCUT2D eigenvalue weighted by Crippen LogP contribution is -2.05. The van der Waals surface area contributed by atoms with Crippen LogP contribution in [0.15, 0.2) is 53.1 Å². The molecular formula is C18H13N3O4. The topological polar surface area (TPSA) is 98.2 Å². The number of nitriles is 1. The van der Waals surface area contributed by atoms with Crippen LogP contribution in [0.2, 0.25) is 0 Å². The van der Waals surface area contributed by atoms with Gasteiger partial charge < -0.3 is 14.0 Å². The van der Waals surface area contributed by atoms with Crippen LogP contribution in [0.1, 0.15) is 21.8 Å². The highest BCUT2D eigenvalue weighted by molar-refractivity contribution is 5.89. The molecule has 0 fully saturated rings. The van der Waals surface area contributed by atoms with Crippen molar-refractivity contribution in [1.82, 2.24) is 10.1 Å². The number of aromatic nitrogens is 2. The Morgan fingerprint density at radius 2 is 2.08 bits per heavy atom. The van der Waals surface area contributed by atoms with E-state index in [4.69, 9.17) is 19.3 Å². The molecule has 0 saturated carbocycles. The highest BCUT2D eigenvalue weighted by Gasteiger charge is 2.15. The Hall–Kier alpha value is -3.66. The summed E-state index contributed by atoms with van der Waals surface area (Å²) >= 11 is 0. The summed E-state index contributed by atoms with van der Waals surface area (Å²) in [5.41, 5.74) is 1.34. The first-order valence-electron chi connectivity index (χ1n) is 7.34.